The number of rotatable bonds is 1. The number of carbonyl (C=O) groups is 1. The van der Waals surface area contributed by atoms with Crippen molar-refractivity contribution >= 4 is 6.09 Å². The van der Waals surface area contributed by atoms with Gasteiger partial charge in [-0.05, 0) is 46.5 Å². The van der Waals surface area contributed by atoms with Gasteiger partial charge in [-0.1, -0.05) is 0 Å². The molecule has 0 aromatic heterocycles. The maximum atomic E-state index is 12.2. The summed E-state index contributed by atoms with van der Waals surface area (Å²) in [4.78, 5) is 14.0. The van der Waals surface area contributed by atoms with E-state index >= 15 is 0 Å². The van der Waals surface area contributed by atoms with E-state index in [2.05, 4.69) is 0 Å². The Hall–Kier alpha value is -0.810. The lowest BCUT2D eigenvalue weighted by atomic mass is 9.86. The molecule has 2 saturated heterocycles. The normalized spacial score (nSPS) is 35.7. The third-order valence-electron chi connectivity index (χ3n) is 3.84. The molecule has 0 aromatic carbocycles. The molecule has 2 atom stereocenters. The number of carbonyl (C=O) groups excluding carboxylic acids is 1. The van der Waals surface area contributed by atoms with Crippen LogP contribution in [-0.4, -0.2) is 45.9 Å². The highest BCUT2D eigenvalue weighted by Gasteiger charge is 2.49. The van der Waals surface area contributed by atoms with Gasteiger partial charge in [0.05, 0.1) is 5.60 Å². The third kappa shape index (κ3) is 2.62. The number of ether oxygens (including phenoxy) is 1. The van der Waals surface area contributed by atoms with E-state index in [0.29, 0.717) is 12.8 Å². The molecule has 104 valence electrons. The van der Waals surface area contributed by atoms with Crippen molar-refractivity contribution < 1.29 is 14.6 Å². The Kier molecular flexibility index (Phi) is 3.32. The Morgan fingerprint density at radius 1 is 1.39 bits per heavy atom. The molecule has 0 radical (unpaired) electrons. The van der Waals surface area contributed by atoms with Gasteiger partial charge in [0, 0.05) is 18.6 Å². The van der Waals surface area contributed by atoms with E-state index in [1.54, 1.807) is 0 Å². The standard InChI is InChI=1S/C13H24N2O3/c1-12(2,3)18-11(16)15-9-4-5-10(15)7-13(17,6-9)8-14/h9-10,17H,4-8,14H2,1-3H3. The third-order valence-corrected chi connectivity index (χ3v) is 3.84. The van der Waals surface area contributed by atoms with Crippen molar-refractivity contribution in [3.8, 4) is 0 Å². The van der Waals surface area contributed by atoms with E-state index < -0.39 is 11.2 Å². The van der Waals surface area contributed by atoms with E-state index in [9.17, 15) is 9.90 Å². The number of amides is 1. The number of aliphatic hydroxyl groups is 1. The van der Waals surface area contributed by atoms with E-state index in [1.165, 1.54) is 0 Å². The summed E-state index contributed by atoms with van der Waals surface area (Å²) in [5.74, 6) is 0. The Balaban J connectivity index is 2.07. The van der Waals surface area contributed by atoms with Crippen molar-refractivity contribution in [2.45, 2.75) is 69.7 Å². The van der Waals surface area contributed by atoms with Crippen LogP contribution in [-0.2, 0) is 4.74 Å². The van der Waals surface area contributed by atoms with Crippen molar-refractivity contribution in [2.75, 3.05) is 6.54 Å². The number of fused-ring (bicyclic) bond motifs is 2. The summed E-state index contributed by atoms with van der Waals surface area (Å²) < 4.78 is 5.43. The van der Waals surface area contributed by atoms with Gasteiger partial charge in [-0.25, -0.2) is 4.79 Å². The molecule has 0 saturated carbocycles. The largest absolute Gasteiger partial charge is 0.444 e. The average molecular weight is 256 g/mol. The molecule has 2 aliphatic rings. The molecule has 5 nitrogen and oxygen atoms in total. The van der Waals surface area contributed by atoms with Crippen LogP contribution in [0.25, 0.3) is 0 Å². The number of nitrogens with zero attached hydrogens (tertiary/aromatic N) is 1. The van der Waals surface area contributed by atoms with Gasteiger partial charge in [0.15, 0.2) is 0 Å². The molecule has 18 heavy (non-hydrogen) atoms. The second-order valence-electron chi connectivity index (χ2n) is 6.61. The maximum absolute atomic E-state index is 12.2. The summed E-state index contributed by atoms with van der Waals surface area (Å²) in [5.41, 5.74) is 4.35. The minimum atomic E-state index is -0.801. The van der Waals surface area contributed by atoms with Crippen molar-refractivity contribution in [3.05, 3.63) is 0 Å². The first-order valence-electron chi connectivity index (χ1n) is 6.68. The van der Waals surface area contributed by atoms with Crippen LogP contribution in [0.15, 0.2) is 0 Å². The second kappa shape index (κ2) is 4.38. The molecule has 0 aliphatic carbocycles. The van der Waals surface area contributed by atoms with E-state index in [0.717, 1.165) is 12.8 Å². The van der Waals surface area contributed by atoms with Gasteiger partial charge in [0.2, 0.25) is 0 Å². The van der Waals surface area contributed by atoms with Gasteiger partial charge in [0.25, 0.3) is 0 Å². The first kappa shape index (κ1) is 13.6. The Morgan fingerprint density at radius 2 is 1.89 bits per heavy atom. The monoisotopic (exact) mass is 256 g/mol. The molecule has 2 aliphatic heterocycles. The molecule has 0 spiro atoms. The van der Waals surface area contributed by atoms with Gasteiger partial charge in [-0.2, -0.15) is 0 Å². The van der Waals surface area contributed by atoms with Crippen LogP contribution in [0, 0.1) is 0 Å². The Labute approximate surface area is 108 Å². The molecule has 2 rings (SSSR count). The van der Waals surface area contributed by atoms with Crippen LogP contribution >= 0.6 is 0 Å². The predicted octanol–water partition coefficient (Wildman–Crippen LogP) is 1.24. The number of hydrogen-bond donors (Lipinski definition) is 2. The first-order chi connectivity index (χ1) is 8.24. The minimum Gasteiger partial charge on any atom is -0.444 e. The first-order valence-corrected chi connectivity index (χ1v) is 6.68. The van der Waals surface area contributed by atoms with Crippen LogP contribution in [0.3, 0.4) is 0 Å². The van der Waals surface area contributed by atoms with Crippen LogP contribution in [0.1, 0.15) is 46.5 Å². The summed E-state index contributed by atoms with van der Waals surface area (Å²) in [6.07, 6.45) is 2.76. The second-order valence-corrected chi connectivity index (χ2v) is 6.61. The quantitative estimate of drug-likeness (QED) is 0.740. The summed E-state index contributed by atoms with van der Waals surface area (Å²) in [5, 5.41) is 10.3. The SMILES string of the molecule is CC(C)(C)OC(=O)N1C2CCC1CC(O)(CN)C2. The molecule has 2 heterocycles. The molecule has 2 fully saturated rings. The lowest BCUT2D eigenvalue weighted by Gasteiger charge is -2.43. The average Bonchev–Trinajstić information content (AvgIpc) is 2.50. The van der Waals surface area contributed by atoms with Crippen LogP contribution in [0.2, 0.25) is 0 Å². The lowest BCUT2D eigenvalue weighted by Crippen LogP contribution is -2.56. The highest BCUT2D eigenvalue weighted by atomic mass is 16.6. The molecule has 3 N–H and O–H groups in total. The predicted molar refractivity (Wildman–Crippen MR) is 68.1 cm³/mol. The van der Waals surface area contributed by atoms with Crippen molar-refractivity contribution in [1.82, 2.24) is 4.90 Å². The maximum Gasteiger partial charge on any atom is 0.410 e. The Morgan fingerprint density at radius 3 is 2.28 bits per heavy atom. The van der Waals surface area contributed by atoms with Gasteiger partial charge < -0.3 is 20.5 Å². The minimum absolute atomic E-state index is 0.0761. The number of hydrogen-bond acceptors (Lipinski definition) is 4. The van der Waals surface area contributed by atoms with Gasteiger partial charge in [0.1, 0.15) is 5.60 Å². The van der Waals surface area contributed by atoms with E-state index in [4.69, 9.17) is 10.5 Å². The lowest BCUT2D eigenvalue weighted by molar-refractivity contribution is -0.0532. The smallest absolute Gasteiger partial charge is 0.410 e. The molecule has 2 unspecified atom stereocenters. The molecule has 0 aromatic rings. The van der Waals surface area contributed by atoms with Gasteiger partial charge >= 0.3 is 6.09 Å². The summed E-state index contributed by atoms with van der Waals surface area (Å²) in [6, 6.07) is 0.152. The summed E-state index contributed by atoms with van der Waals surface area (Å²) >= 11 is 0. The molecular formula is C13H24N2O3. The van der Waals surface area contributed by atoms with Gasteiger partial charge in [-0.3, -0.25) is 0 Å². The highest BCUT2D eigenvalue weighted by molar-refractivity contribution is 5.69. The number of piperidine rings is 1. The Bertz CT molecular complexity index is 324. The summed E-state index contributed by atoms with van der Waals surface area (Å²) in [7, 11) is 0. The molecular weight excluding hydrogens is 232 g/mol. The fourth-order valence-electron chi connectivity index (χ4n) is 3.10. The topological polar surface area (TPSA) is 75.8 Å². The zero-order valence-electron chi connectivity index (χ0n) is 11.5. The van der Waals surface area contributed by atoms with Crippen molar-refractivity contribution in [2.24, 2.45) is 5.73 Å². The summed E-state index contributed by atoms with van der Waals surface area (Å²) in [6.45, 7) is 5.87. The van der Waals surface area contributed by atoms with Crippen molar-refractivity contribution in [1.29, 1.82) is 0 Å². The van der Waals surface area contributed by atoms with Crippen LogP contribution in [0.5, 0.6) is 0 Å². The van der Waals surface area contributed by atoms with Crippen LogP contribution in [0.4, 0.5) is 4.79 Å². The fourth-order valence-corrected chi connectivity index (χ4v) is 3.10. The van der Waals surface area contributed by atoms with Gasteiger partial charge in [-0.15, -0.1) is 0 Å². The van der Waals surface area contributed by atoms with E-state index in [-0.39, 0.29) is 24.7 Å². The highest BCUT2D eigenvalue weighted by Crippen LogP contribution is 2.41. The number of nitrogens with two attached hydrogens (primary N) is 1. The molecule has 1 amide bonds. The zero-order valence-corrected chi connectivity index (χ0v) is 11.5. The van der Waals surface area contributed by atoms with E-state index in [1.807, 2.05) is 25.7 Å². The molecule has 2 bridgehead atoms. The fraction of sp³-hybridized carbons (Fsp3) is 0.923. The van der Waals surface area contributed by atoms with Crippen LogP contribution < -0.4 is 5.73 Å². The molecule has 5 heteroatoms. The van der Waals surface area contributed by atoms with Crippen molar-refractivity contribution in [3.63, 3.8) is 0 Å². The zero-order chi connectivity index (χ0) is 13.6.